The number of carbonyl (C=O) groups is 1. The molecule has 0 fully saturated rings. The maximum atomic E-state index is 11.3. The van der Waals surface area contributed by atoms with Crippen molar-refractivity contribution in [3.8, 4) is 6.07 Å². The smallest absolute Gasteiger partial charge is 0.220 e. The Morgan fingerprint density at radius 2 is 2.20 bits per heavy atom. The van der Waals surface area contributed by atoms with Crippen LogP contribution in [0.2, 0.25) is 0 Å². The summed E-state index contributed by atoms with van der Waals surface area (Å²) < 4.78 is 5.12. The molecule has 86 valence electrons. The van der Waals surface area contributed by atoms with Gasteiger partial charge in [-0.1, -0.05) is 0 Å². The Labute approximate surface area is 91.6 Å². The van der Waals surface area contributed by atoms with Gasteiger partial charge in [0.1, 0.15) is 0 Å². The van der Waals surface area contributed by atoms with Gasteiger partial charge in [0.15, 0.2) is 0 Å². The van der Waals surface area contributed by atoms with Crippen molar-refractivity contribution < 1.29 is 9.53 Å². The van der Waals surface area contributed by atoms with Crippen LogP contribution in [0.25, 0.3) is 0 Å². The Kier molecular flexibility index (Phi) is 6.72. The zero-order chi connectivity index (χ0) is 11.7. The lowest BCUT2D eigenvalue weighted by Crippen LogP contribution is -2.33. The first kappa shape index (κ1) is 13.9. The second-order valence-corrected chi connectivity index (χ2v) is 4.07. The highest BCUT2D eigenvalue weighted by molar-refractivity contribution is 5.75. The summed E-state index contributed by atoms with van der Waals surface area (Å²) in [4.78, 5) is 11.3. The van der Waals surface area contributed by atoms with Crippen molar-refractivity contribution in [2.24, 2.45) is 5.41 Å². The van der Waals surface area contributed by atoms with E-state index in [1.807, 2.05) is 6.92 Å². The summed E-state index contributed by atoms with van der Waals surface area (Å²) in [5.74, 6) is -0.0157. The van der Waals surface area contributed by atoms with E-state index in [1.54, 1.807) is 13.8 Å². The molecule has 0 saturated heterocycles. The summed E-state index contributed by atoms with van der Waals surface area (Å²) >= 11 is 0. The highest BCUT2D eigenvalue weighted by atomic mass is 16.5. The molecule has 0 heterocycles. The number of rotatable bonds is 7. The number of ether oxygens (including phenoxy) is 1. The first-order valence-corrected chi connectivity index (χ1v) is 5.27. The maximum Gasteiger partial charge on any atom is 0.220 e. The molecule has 0 aliphatic heterocycles. The van der Waals surface area contributed by atoms with Gasteiger partial charge in [-0.05, 0) is 27.2 Å². The molecular formula is C11H20N2O2. The van der Waals surface area contributed by atoms with Gasteiger partial charge in [0, 0.05) is 26.2 Å². The molecule has 0 bridgehead atoms. The lowest BCUT2D eigenvalue weighted by molar-refractivity contribution is -0.121. The first-order chi connectivity index (χ1) is 7.02. The number of nitrogens with zero attached hydrogens (tertiary/aromatic N) is 1. The van der Waals surface area contributed by atoms with Crippen molar-refractivity contribution in [1.29, 1.82) is 5.26 Å². The quantitative estimate of drug-likeness (QED) is 0.650. The van der Waals surface area contributed by atoms with Crippen LogP contribution in [0.3, 0.4) is 0 Å². The zero-order valence-electron chi connectivity index (χ0n) is 9.80. The summed E-state index contributed by atoms with van der Waals surface area (Å²) in [7, 11) is 0. The van der Waals surface area contributed by atoms with Gasteiger partial charge in [0.05, 0.1) is 11.5 Å². The Balaban J connectivity index is 3.55. The Morgan fingerprint density at radius 1 is 1.53 bits per heavy atom. The fourth-order valence-electron chi connectivity index (χ4n) is 0.927. The van der Waals surface area contributed by atoms with Crippen LogP contribution >= 0.6 is 0 Å². The molecule has 1 amide bonds. The van der Waals surface area contributed by atoms with Gasteiger partial charge in [-0.3, -0.25) is 4.79 Å². The minimum atomic E-state index is -0.490. The highest BCUT2D eigenvalue weighted by Crippen LogP contribution is 2.10. The fourth-order valence-corrected chi connectivity index (χ4v) is 0.927. The molecule has 0 radical (unpaired) electrons. The SMILES string of the molecule is CCOCCCC(=O)NCC(C)(C)C#N. The number of carbonyl (C=O) groups excluding carboxylic acids is 1. The normalized spacial score (nSPS) is 10.8. The van der Waals surface area contributed by atoms with Gasteiger partial charge < -0.3 is 10.1 Å². The van der Waals surface area contributed by atoms with E-state index >= 15 is 0 Å². The van der Waals surface area contributed by atoms with Crippen LogP contribution in [0.1, 0.15) is 33.6 Å². The van der Waals surface area contributed by atoms with E-state index in [4.69, 9.17) is 10.00 Å². The van der Waals surface area contributed by atoms with Crippen LogP contribution in [-0.4, -0.2) is 25.7 Å². The minimum absolute atomic E-state index is 0.0157. The van der Waals surface area contributed by atoms with Gasteiger partial charge >= 0.3 is 0 Å². The Hall–Kier alpha value is -1.08. The number of nitrogens with one attached hydrogen (secondary N) is 1. The number of nitriles is 1. The van der Waals surface area contributed by atoms with Gasteiger partial charge in [0.2, 0.25) is 5.91 Å². The van der Waals surface area contributed by atoms with Crippen molar-refractivity contribution in [2.45, 2.75) is 33.6 Å². The van der Waals surface area contributed by atoms with E-state index in [-0.39, 0.29) is 5.91 Å². The second-order valence-electron chi connectivity index (χ2n) is 4.07. The average Bonchev–Trinajstić information content (AvgIpc) is 2.22. The molecule has 0 aromatic carbocycles. The van der Waals surface area contributed by atoms with E-state index in [0.29, 0.717) is 26.2 Å². The van der Waals surface area contributed by atoms with Crippen LogP contribution in [0.15, 0.2) is 0 Å². The second kappa shape index (κ2) is 7.24. The first-order valence-electron chi connectivity index (χ1n) is 5.27. The van der Waals surface area contributed by atoms with E-state index in [2.05, 4.69) is 11.4 Å². The molecule has 0 aromatic rings. The van der Waals surface area contributed by atoms with E-state index in [0.717, 1.165) is 6.42 Å². The maximum absolute atomic E-state index is 11.3. The number of hydrogen-bond donors (Lipinski definition) is 1. The fraction of sp³-hybridized carbons (Fsp3) is 0.818. The molecule has 0 unspecified atom stereocenters. The van der Waals surface area contributed by atoms with Crippen LogP contribution in [-0.2, 0) is 9.53 Å². The number of amides is 1. The Morgan fingerprint density at radius 3 is 2.73 bits per heavy atom. The zero-order valence-corrected chi connectivity index (χ0v) is 9.80. The van der Waals surface area contributed by atoms with Gasteiger partial charge in [0.25, 0.3) is 0 Å². The van der Waals surface area contributed by atoms with Crippen LogP contribution in [0.4, 0.5) is 0 Å². The molecule has 0 aliphatic carbocycles. The van der Waals surface area contributed by atoms with Crippen LogP contribution in [0, 0.1) is 16.7 Å². The van der Waals surface area contributed by atoms with Crippen molar-refractivity contribution in [2.75, 3.05) is 19.8 Å². The van der Waals surface area contributed by atoms with E-state index in [9.17, 15) is 4.79 Å². The summed E-state index contributed by atoms with van der Waals surface area (Å²) in [5.41, 5.74) is -0.490. The molecule has 4 nitrogen and oxygen atoms in total. The van der Waals surface area contributed by atoms with Crippen molar-refractivity contribution >= 4 is 5.91 Å². The van der Waals surface area contributed by atoms with Crippen molar-refractivity contribution in [1.82, 2.24) is 5.32 Å². The third-order valence-electron chi connectivity index (χ3n) is 1.93. The number of hydrogen-bond acceptors (Lipinski definition) is 3. The molecule has 0 rings (SSSR count). The van der Waals surface area contributed by atoms with Crippen LogP contribution < -0.4 is 5.32 Å². The predicted octanol–water partition coefficient (Wildman–Crippen LogP) is 1.47. The summed E-state index contributed by atoms with van der Waals surface area (Å²) in [6, 6.07) is 2.13. The van der Waals surface area contributed by atoms with Gasteiger partial charge in [-0.15, -0.1) is 0 Å². The molecule has 0 saturated carbocycles. The van der Waals surface area contributed by atoms with E-state index < -0.39 is 5.41 Å². The molecular weight excluding hydrogens is 192 g/mol. The predicted molar refractivity (Wildman–Crippen MR) is 58.1 cm³/mol. The molecule has 15 heavy (non-hydrogen) atoms. The largest absolute Gasteiger partial charge is 0.382 e. The molecule has 0 aromatic heterocycles. The standard InChI is InChI=1S/C11H20N2O2/c1-4-15-7-5-6-10(14)13-9-11(2,3)8-12/h4-7,9H2,1-3H3,(H,13,14). The monoisotopic (exact) mass is 212 g/mol. The molecule has 4 heteroatoms. The van der Waals surface area contributed by atoms with Gasteiger partial charge in [-0.25, -0.2) is 0 Å². The lowest BCUT2D eigenvalue weighted by Gasteiger charge is -2.15. The van der Waals surface area contributed by atoms with Crippen molar-refractivity contribution in [3.63, 3.8) is 0 Å². The highest BCUT2D eigenvalue weighted by Gasteiger charge is 2.17. The summed E-state index contributed by atoms with van der Waals surface area (Å²) in [5, 5.41) is 11.5. The molecule has 0 atom stereocenters. The molecule has 0 aliphatic rings. The molecule has 1 N–H and O–H groups in total. The molecule has 0 spiro atoms. The summed E-state index contributed by atoms with van der Waals surface area (Å²) in [6.45, 7) is 7.22. The Bertz CT molecular complexity index is 231. The summed E-state index contributed by atoms with van der Waals surface area (Å²) in [6.07, 6.45) is 1.19. The van der Waals surface area contributed by atoms with Crippen molar-refractivity contribution in [3.05, 3.63) is 0 Å². The third-order valence-corrected chi connectivity index (χ3v) is 1.93. The van der Waals surface area contributed by atoms with E-state index in [1.165, 1.54) is 0 Å². The third kappa shape index (κ3) is 7.95. The van der Waals surface area contributed by atoms with Gasteiger partial charge in [-0.2, -0.15) is 5.26 Å². The lowest BCUT2D eigenvalue weighted by atomic mass is 9.96. The topological polar surface area (TPSA) is 62.1 Å². The average molecular weight is 212 g/mol. The minimum Gasteiger partial charge on any atom is -0.382 e. The van der Waals surface area contributed by atoms with Crippen LogP contribution in [0.5, 0.6) is 0 Å².